The summed E-state index contributed by atoms with van der Waals surface area (Å²) in [6.45, 7) is 1.04. The van der Waals surface area contributed by atoms with Gasteiger partial charge in [0, 0.05) is 23.7 Å². The van der Waals surface area contributed by atoms with Gasteiger partial charge in [0.05, 0.1) is 11.9 Å². The molecule has 0 unspecified atom stereocenters. The Labute approximate surface area is 144 Å². The Morgan fingerprint density at radius 3 is 2.92 bits per heavy atom. The summed E-state index contributed by atoms with van der Waals surface area (Å²) in [6, 6.07) is 6.05. The molecule has 0 saturated heterocycles. The van der Waals surface area contributed by atoms with Crippen LogP contribution in [0.15, 0.2) is 22.7 Å². The molecular weight excluding hydrogens is 330 g/mol. The van der Waals surface area contributed by atoms with Gasteiger partial charge >= 0.3 is 5.97 Å². The lowest BCUT2D eigenvalue weighted by Crippen LogP contribution is -2.52. The van der Waals surface area contributed by atoms with E-state index in [-0.39, 0.29) is 12.6 Å². The van der Waals surface area contributed by atoms with Crippen molar-refractivity contribution in [2.24, 2.45) is 5.92 Å². The number of anilines is 1. The molecule has 24 heavy (non-hydrogen) atoms. The second kappa shape index (κ2) is 6.26. The number of rotatable bonds is 7. The third-order valence-corrected chi connectivity index (χ3v) is 5.17. The topological polar surface area (TPSA) is 78.6 Å². The first kappa shape index (κ1) is 15.7. The maximum Gasteiger partial charge on any atom is 0.317 e. The summed E-state index contributed by atoms with van der Waals surface area (Å²) in [5.74, 6) is 0.658. The molecule has 0 radical (unpaired) electrons. The summed E-state index contributed by atoms with van der Waals surface area (Å²) < 4.78 is 5.30. The molecule has 0 atom stereocenters. The van der Waals surface area contributed by atoms with Crippen LogP contribution in [-0.4, -0.2) is 46.3 Å². The molecule has 4 rings (SSSR count). The Morgan fingerprint density at radius 2 is 2.21 bits per heavy atom. The lowest BCUT2D eigenvalue weighted by molar-refractivity contribution is -0.139. The molecule has 2 saturated carbocycles. The fourth-order valence-corrected chi connectivity index (χ4v) is 3.53. The lowest BCUT2D eigenvalue weighted by Gasteiger charge is -2.42. The van der Waals surface area contributed by atoms with Gasteiger partial charge in [-0.05, 0) is 49.8 Å². The first-order chi connectivity index (χ1) is 11.6. The second-order valence-electron chi connectivity index (χ2n) is 6.90. The Kier molecular flexibility index (Phi) is 4.10. The predicted molar refractivity (Wildman–Crippen MR) is 91.4 cm³/mol. The summed E-state index contributed by atoms with van der Waals surface area (Å²) in [7, 11) is 0. The maximum atomic E-state index is 11.1. The molecule has 0 bridgehead atoms. The number of aliphatic carboxylic acids is 1. The van der Waals surface area contributed by atoms with E-state index >= 15 is 0 Å². The third-order valence-electron chi connectivity index (χ3n) is 4.93. The molecule has 7 heteroatoms. The molecule has 0 spiro atoms. The van der Waals surface area contributed by atoms with Crippen LogP contribution in [0.5, 0.6) is 0 Å². The van der Waals surface area contributed by atoms with Gasteiger partial charge < -0.3 is 14.9 Å². The number of hydrogen-bond acceptors (Lipinski definition) is 5. The van der Waals surface area contributed by atoms with E-state index in [2.05, 4.69) is 15.4 Å². The normalized spacial score (nSPS) is 23.4. The van der Waals surface area contributed by atoms with E-state index in [1.807, 2.05) is 12.1 Å². The SMILES string of the molecule is O=C(O)CN(CC1CC1)C1CC(Nc2noc3ccc(Cl)cc23)C1. The highest BCUT2D eigenvalue weighted by atomic mass is 35.5. The number of carboxylic acids is 1. The van der Waals surface area contributed by atoms with Crippen molar-refractivity contribution in [1.82, 2.24) is 10.1 Å². The molecule has 2 aromatic rings. The van der Waals surface area contributed by atoms with Crippen molar-refractivity contribution < 1.29 is 14.4 Å². The number of hydrogen-bond donors (Lipinski definition) is 2. The van der Waals surface area contributed by atoms with Crippen LogP contribution < -0.4 is 5.32 Å². The van der Waals surface area contributed by atoms with Crippen LogP contribution >= 0.6 is 11.6 Å². The van der Waals surface area contributed by atoms with Crippen LogP contribution in [-0.2, 0) is 4.79 Å². The number of halogens is 1. The van der Waals surface area contributed by atoms with Crippen LogP contribution in [0.2, 0.25) is 5.02 Å². The monoisotopic (exact) mass is 349 g/mol. The van der Waals surface area contributed by atoms with Gasteiger partial charge in [-0.2, -0.15) is 0 Å². The van der Waals surface area contributed by atoms with Crippen molar-refractivity contribution in [3.63, 3.8) is 0 Å². The third kappa shape index (κ3) is 3.35. The average molecular weight is 350 g/mol. The number of benzene rings is 1. The number of carboxylic acid groups (broad SMARTS) is 1. The van der Waals surface area contributed by atoms with Gasteiger partial charge in [-0.3, -0.25) is 9.69 Å². The smallest absolute Gasteiger partial charge is 0.317 e. The lowest BCUT2D eigenvalue weighted by atomic mass is 9.85. The number of nitrogens with one attached hydrogen (secondary N) is 1. The van der Waals surface area contributed by atoms with E-state index < -0.39 is 5.97 Å². The largest absolute Gasteiger partial charge is 0.480 e. The predicted octanol–water partition coefficient (Wildman–Crippen LogP) is 3.22. The highest BCUT2D eigenvalue weighted by Crippen LogP contribution is 2.35. The maximum absolute atomic E-state index is 11.1. The summed E-state index contributed by atoms with van der Waals surface area (Å²) >= 11 is 6.04. The minimum atomic E-state index is -0.746. The number of aromatic nitrogens is 1. The quantitative estimate of drug-likeness (QED) is 0.799. The van der Waals surface area contributed by atoms with Gasteiger partial charge in [0.15, 0.2) is 11.4 Å². The van der Waals surface area contributed by atoms with Crippen LogP contribution in [0, 0.1) is 5.92 Å². The van der Waals surface area contributed by atoms with Crippen LogP contribution in [0.1, 0.15) is 25.7 Å². The number of fused-ring (bicyclic) bond motifs is 1. The van der Waals surface area contributed by atoms with Crippen molar-refractivity contribution >= 4 is 34.4 Å². The van der Waals surface area contributed by atoms with Gasteiger partial charge in [0.25, 0.3) is 0 Å². The van der Waals surface area contributed by atoms with Crippen LogP contribution in [0.3, 0.4) is 0 Å². The fraction of sp³-hybridized carbons (Fsp3) is 0.529. The molecule has 0 amide bonds. The van der Waals surface area contributed by atoms with E-state index in [1.165, 1.54) is 12.8 Å². The van der Waals surface area contributed by atoms with E-state index in [0.717, 1.165) is 24.8 Å². The minimum absolute atomic E-state index is 0.135. The molecule has 128 valence electrons. The first-order valence-corrected chi connectivity index (χ1v) is 8.73. The molecular formula is C17H20ClN3O3. The molecule has 2 aliphatic rings. The molecule has 2 N–H and O–H groups in total. The van der Waals surface area contributed by atoms with Crippen molar-refractivity contribution in [3.8, 4) is 0 Å². The van der Waals surface area contributed by atoms with Crippen molar-refractivity contribution in [2.45, 2.75) is 37.8 Å². The Balaban J connectivity index is 1.37. The highest BCUT2D eigenvalue weighted by molar-refractivity contribution is 6.31. The van der Waals surface area contributed by atoms with Crippen LogP contribution in [0.4, 0.5) is 5.82 Å². The standard InChI is InChI=1S/C17H20ClN3O3/c18-11-3-4-15-14(5-11)17(20-24-15)19-12-6-13(7-12)21(9-16(22)23)8-10-1-2-10/h3-5,10,12-13H,1-2,6-9H2,(H,19,20)(H,22,23). The number of nitrogens with zero attached hydrogens (tertiary/aromatic N) is 2. The molecule has 6 nitrogen and oxygen atoms in total. The highest BCUT2D eigenvalue weighted by Gasteiger charge is 2.37. The zero-order valence-electron chi connectivity index (χ0n) is 13.2. The average Bonchev–Trinajstić information content (AvgIpc) is 3.21. The van der Waals surface area contributed by atoms with E-state index in [1.54, 1.807) is 6.07 Å². The zero-order chi connectivity index (χ0) is 16.7. The van der Waals surface area contributed by atoms with Crippen molar-refractivity contribution in [3.05, 3.63) is 23.2 Å². The fourth-order valence-electron chi connectivity index (χ4n) is 3.36. The Bertz CT molecular complexity index is 753. The summed E-state index contributed by atoms with van der Waals surface area (Å²) in [6.07, 6.45) is 4.32. The minimum Gasteiger partial charge on any atom is -0.480 e. The van der Waals surface area contributed by atoms with Gasteiger partial charge in [0.2, 0.25) is 0 Å². The van der Waals surface area contributed by atoms with E-state index in [0.29, 0.717) is 28.4 Å². The second-order valence-corrected chi connectivity index (χ2v) is 7.34. The van der Waals surface area contributed by atoms with E-state index in [4.69, 9.17) is 21.2 Å². The molecule has 1 aromatic heterocycles. The Morgan fingerprint density at radius 1 is 1.42 bits per heavy atom. The number of carbonyl (C=O) groups is 1. The van der Waals surface area contributed by atoms with Crippen molar-refractivity contribution in [2.75, 3.05) is 18.4 Å². The van der Waals surface area contributed by atoms with Gasteiger partial charge in [-0.25, -0.2) is 0 Å². The molecule has 1 aromatic carbocycles. The van der Waals surface area contributed by atoms with Gasteiger partial charge in [-0.15, -0.1) is 0 Å². The van der Waals surface area contributed by atoms with Crippen molar-refractivity contribution in [1.29, 1.82) is 0 Å². The summed E-state index contributed by atoms with van der Waals surface area (Å²) in [5.41, 5.74) is 0.707. The van der Waals surface area contributed by atoms with Gasteiger partial charge in [0.1, 0.15) is 0 Å². The molecule has 2 fully saturated rings. The molecule has 0 aliphatic heterocycles. The van der Waals surface area contributed by atoms with Gasteiger partial charge in [-0.1, -0.05) is 16.8 Å². The molecule has 2 aliphatic carbocycles. The summed E-state index contributed by atoms with van der Waals surface area (Å²) in [4.78, 5) is 13.2. The zero-order valence-corrected chi connectivity index (χ0v) is 14.0. The summed E-state index contributed by atoms with van der Waals surface area (Å²) in [5, 5.41) is 18.1. The Hall–Kier alpha value is -1.79. The first-order valence-electron chi connectivity index (χ1n) is 8.36. The molecule has 1 heterocycles. The van der Waals surface area contributed by atoms with Crippen LogP contribution in [0.25, 0.3) is 11.0 Å². The van der Waals surface area contributed by atoms with E-state index in [9.17, 15) is 4.79 Å².